The molecule has 0 bridgehead atoms. The first kappa shape index (κ1) is 16.2. The van der Waals surface area contributed by atoms with Gasteiger partial charge in [0.2, 0.25) is 5.95 Å². The maximum Gasteiger partial charge on any atom is 0.416 e. The van der Waals surface area contributed by atoms with Gasteiger partial charge in [0.25, 0.3) is 0 Å². The van der Waals surface area contributed by atoms with Crippen molar-refractivity contribution in [2.24, 2.45) is 0 Å². The Morgan fingerprint density at radius 2 is 1.92 bits per heavy atom. The van der Waals surface area contributed by atoms with Crippen LogP contribution >= 0.6 is 0 Å². The van der Waals surface area contributed by atoms with Gasteiger partial charge in [0.15, 0.2) is 0 Å². The summed E-state index contributed by atoms with van der Waals surface area (Å²) in [6.45, 7) is 1.03. The molecule has 0 atom stereocenters. The van der Waals surface area contributed by atoms with Gasteiger partial charge in [0.05, 0.1) is 23.9 Å². The lowest BCUT2D eigenvalue weighted by Crippen LogP contribution is -2.10. The Morgan fingerprint density at radius 1 is 1.17 bits per heavy atom. The van der Waals surface area contributed by atoms with Crippen molar-refractivity contribution in [3.8, 4) is 11.1 Å². The normalized spacial score (nSPS) is 11.8. The molecule has 126 valence electrons. The second kappa shape index (κ2) is 6.44. The van der Waals surface area contributed by atoms with Crippen LogP contribution in [-0.4, -0.2) is 40.4 Å². The number of aromatic amines is 1. The van der Waals surface area contributed by atoms with E-state index in [0.29, 0.717) is 41.1 Å². The Balaban J connectivity index is 1.97. The molecule has 0 spiro atoms. The van der Waals surface area contributed by atoms with E-state index in [0.717, 1.165) is 12.1 Å². The molecule has 0 saturated heterocycles. The number of hydrogen-bond acceptors (Lipinski definition) is 5. The highest BCUT2D eigenvalue weighted by Crippen LogP contribution is 2.36. The van der Waals surface area contributed by atoms with Gasteiger partial charge in [-0.1, -0.05) is 0 Å². The van der Waals surface area contributed by atoms with Crippen LogP contribution in [0.5, 0.6) is 0 Å². The summed E-state index contributed by atoms with van der Waals surface area (Å²) < 4.78 is 44.1. The zero-order valence-corrected chi connectivity index (χ0v) is 12.7. The van der Waals surface area contributed by atoms with E-state index >= 15 is 0 Å². The van der Waals surface area contributed by atoms with Crippen molar-refractivity contribution >= 4 is 16.9 Å². The highest BCUT2D eigenvalue weighted by Gasteiger charge is 2.31. The fourth-order valence-corrected chi connectivity index (χ4v) is 2.28. The summed E-state index contributed by atoms with van der Waals surface area (Å²) >= 11 is 0. The van der Waals surface area contributed by atoms with Crippen LogP contribution in [0.25, 0.3) is 22.0 Å². The van der Waals surface area contributed by atoms with Crippen molar-refractivity contribution in [3.05, 3.63) is 36.3 Å². The van der Waals surface area contributed by atoms with Crippen LogP contribution in [0.4, 0.5) is 19.1 Å². The smallest absolute Gasteiger partial charge is 0.383 e. The number of nitrogens with zero attached hydrogens (tertiary/aromatic N) is 3. The molecule has 0 aliphatic carbocycles. The topological polar surface area (TPSA) is 75.7 Å². The van der Waals surface area contributed by atoms with Gasteiger partial charge in [-0.05, 0) is 17.7 Å². The zero-order chi connectivity index (χ0) is 17.2. The van der Waals surface area contributed by atoms with Crippen molar-refractivity contribution in [2.45, 2.75) is 6.18 Å². The number of fused-ring (bicyclic) bond motifs is 1. The molecule has 2 N–H and O–H groups in total. The van der Waals surface area contributed by atoms with E-state index in [1.807, 2.05) is 0 Å². The molecule has 0 saturated carbocycles. The number of halogens is 3. The lowest BCUT2D eigenvalue weighted by Gasteiger charge is -2.10. The number of anilines is 1. The molecule has 0 aliphatic heterocycles. The Bertz CT molecular complexity index is 829. The molecule has 2 aromatic heterocycles. The van der Waals surface area contributed by atoms with E-state index in [-0.39, 0.29) is 0 Å². The van der Waals surface area contributed by atoms with Crippen molar-refractivity contribution in [3.63, 3.8) is 0 Å². The summed E-state index contributed by atoms with van der Waals surface area (Å²) in [4.78, 5) is 8.24. The van der Waals surface area contributed by atoms with E-state index in [4.69, 9.17) is 4.74 Å². The van der Waals surface area contributed by atoms with E-state index in [2.05, 4.69) is 25.5 Å². The number of hydrogen-bond donors (Lipinski definition) is 2. The van der Waals surface area contributed by atoms with E-state index in [1.165, 1.54) is 18.6 Å². The maximum atomic E-state index is 13.1. The van der Waals surface area contributed by atoms with Gasteiger partial charge >= 0.3 is 6.18 Å². The quantitative estimate of drug-likeness (QED) is 0.700. The molecule has 24 heavy (non-hydrogen) atoms. The predicted octanol–water partition coefficient (Wildman–Crippen LogP) is 3.10. The molecule has 3 aromatic rings. The lowest BCUT2D eigenvalue weighted by atomic mass is 10.0. The predicted molar refractivity (Wildman–Crippen MR) is 82.5 cm³/mol. The third kappa shape index (κ3) is 3.30. The molecule has 0 aliphatic rings. The van der Waals surface area contributed by atoms with Crippen LogP contribution < -0.4 is 5.32 Å². The summed E-state index contributed by atoms with van der Waals surface area (Å²) in [5.41, 5.74) is 0.403. The van der Waals surface area contributed by atoms with Gasteiger partial charge in [-0.2, -0.15) is 18.3 Å². The van der Waals surface area contributed by atoms with Gasteiger partial charge in [-0.25, -0.2) is 9.97 Å². The van der Waals surface area contributed by atoms with Crippen molar-refractivity contribution in [1.82, 2.24) is 20.2 Å². The third-order valence-electron chi connectivity index (χ3n) is 3.44. The minimum absolute atomic E-state index is 0.308. The highest BCUT2D eigenvalue weighted by atomic mass is 19.4. The number of benzene rings is 1. The Morgan fingerprint density at radius 3 is 2.58 bits per heavy atom. The van der Waals surface area contributed by atoms with E-state index in [9.17, 15) is 13.2 Å². The van der Waals surface area contributed by atoms with Gasteiger partial charge < -0.3 is 10.1 Å². The van der Waals surface area contributed by atoms with Gasteiger partial charge in [-0.15, -0.1) is 0 Å². The average Bonchev–Trinajstić information content (AvgIpc) is 3.03. The first-order valence-corrected chi connectivity index (χ1v) is 7.08. The molecular formula is C15H14F3N5O. The highest BCUT2D eigenvalue weighted by molar-refractivity contribution is 5.94. The molecule has 0 amide bonds. The fourth-order valence-electron chi connectivity index (χ4n) is 2.28. The second-order valence-corrected chi connectivity index (χ2v) is 5.07. The molecule has 9 heteroatoms. The number of H-pyrrole nitrogens is 1. The van der Waals surface area contributed by atoms with Crippen molar-refractivity contribution in [1.29, 1.82) is 0 Å². The van der Waals surface area contributed by atoms with Crippen LogP contribution in [0.2, 0.25) is 0 Å². The maximum absolute atomic E-state index is 13.1. The summed E-state index contributed by atoms with van der Waals surface area (Å²) in [6.07, 6.45) is -0.0136. The number of nitrogens with one attached hydrogen (secondary N) is 2. The number of rotatable bonds is 5. The van der Waals surface area contributed by atoms with Crippen LogP contribution in [0.3, 0.4) is 0 Å². The van der Waals surface area contributed by atoms with Gasteiger partial charge in [0.1, 0.15) is 0 Å². The van der Waals surface area contributed by atoms with E-state index < -0.39 is 11.7 Å². The van der Waals surface area contributed by atoms with Crippen molar-refractivity contribution in [2.75, 3.05) is 25.6 Å². The summed E-state index contributed by atoms with van der Waals surface area (Å²) in [7, 11) is 1.58. The standard InChI is InChI=1S/C15H14F3N5O/c1-24-3-2-19-14-20-6-9(7-21-14)11-4-10(15(16,17)18)5-13-12(11)8-22-23-13/h4-8H,2-3H2,1H3,(H,22,23)(H,19,20,21). The molecule has 3 rings (SSSR count). The van der Waals surface area contributed by atoms with Crippen LogP contribution in [0.15, 0.2) is 30.7 Å². The minimum atomic E-state index is -4.45. The van der Waals surface area contributed by atoms with Crippen LogP contribution in [0.1, 0.15) is 5.56 Å². The van der Waals surface area contributed by atoms with Crippen LogP contribution in [-0.2, 0) is 10.9 Å². The first-order chi connectivity index (χ1) is 11.5. The molecule has 1 aromatic carbocycles. The number of alkyl halides is 3. The fraction of sp³-hybridized carbons (Fsp3) is 0.267. The summed E-state index contributed by atoms with van der Waals surface area (Å²) in [5, 5.41) is 9.91. The molecule has 6 nitrogen and oxygen atoms in total. The minimum Gasteiger partial charge on any atom is -0.383 e. The summed E-state index contributed by atoms with van der Waals surface area (Å²) in [6, 6.07) is 2.11. The van der Waals surface area contributed by atoms with E-state index in [1.54, 1.807) is 7.11 Å². The molecule has 0 radical (unpaired) electrons. The van der Waals surface area contributed by atoms with Gasteiger partial charge in [-0.3, -0.25) is 5.10 Å². The second-order valence-electron chi connectivity index (χ2n) is 5.07. The van der Waals surface area contributed by atoms with Crippen LogP contribution in [0, 0.1) is 0 Å². The Labute approximate surface area is 135 Å². The molecular weight excluding hydrogens is 323 g/mol. The largest absolute Gasteiger partial charge is 0.416 e. The first-order valence-electron chi connectivity index (χ1n) is 7.08. The Kier molecular flexibility index (Phi) is 4.34. The molecule has 2 heterocycles. The third-order valence-corrected chi connectivity index (χ3v) is 3.44. The average molecular weight is 337 g/mol. The van der Waals surface area contributed by atoms with Gasteiger partial charge in [0, 0.05) is 37.0 Å². The molecule has 0 fully saturated rings. The molecule has 0 unspecified atom stereocenters. The lowest BCUT2D eigenvalue weighted by molar-refractivity contribution is -0.137. The Hall–Kier alpha value is -2.68. The summed E-state index contributed by atoms with van der Waals surface area (Å²) in [5.74, 6) is 0.381. The zero-order valence-electron chi connectivity index (χ0n) is 12.7. The monoisotopic (exact) mass is 337 g/mol. The SMILES string of the molecule is COCCNc1ncc(-c2cc(C(F)(F)F)cc3[nH]ncc23)cn1. The number of aromatic nitrogens is 4. The number of ether oxygens (including phenoxy) is 1. The number of methoxy groups -OCH3 is 1. The van der Waals surface area contributed by atoms with Crippen molar-refractivity contribution < 1.29 is 17.9 Å².